The van der Waals surface area contributed by atoms with E-state index in [1.54, 1.807) is 0 Å². The molecule has 0 aromatic carbocycles. The summed E-state index contributed by atoms with van der Waals surface area (Å²) in [5.74, 6) is 0. The predicted octanol–water partition coefficient (Wildman–Crippen LogP) is 1.38. The molecule has 0 saturated carbocycles. The van der Waals surface area contributed by atoms with Crippen LogP contribution in [0.3, 0.4) is 0 Å². The first-order valence-corrected chi connectivity index (χ1v) is 2.92. The number of hydrogen-bond acceptors (Lipinski definition) is 0. The van der Waals surface area contributed by atoms with E-state index >= 15 is 0 Å². The second kappa shape index (κ2) is 1.75. The van der Waals surface area contributed by atoms with Crippen molar-refractivity contribution in [3.8, 4) is 0 Å². The number of allylic oxidation sites excluding steroid dienone is 4. The average molecular weight is 161 g/mol. The summed E-state index contributed by atoms with van der Waals surface area (Å²) in [6.45, 7) is 0. The van der Waals surface area contributed by atoms with E-state index in [4.69, 9.17) is 0 Å². The summed E-state index contributed by atoms with van der Waals surface area (Å²) in [4.78, 5) is 0. The van der Waals surface area contributed by atoms with Gasteiger partial charge in [-0.3, -0.25) is 0 Å². The fourth-order valence-electron chi connectivity index (χ4n) is 0.428. The van der Waals surface area contributed by atoms with E-state index in [9.17, 15) is 0 Å². The van der Waals surface area contributed by atoms with Gasteiger partial charge in [-0.15, -0.1) is 0 Å². The Morgan fingerprint density at radius 2 is 2.50 bits per heavy atom. The summed E-state index contributed by atoms with van der Waals surface area (Å²) in [5, 5.41) is 0. The minimum atomic E-state index is 1.17. The number of hydrogen-bond donors (Lipinski definition) is 0. The summed E-state index contributed by atoms with van der Waals surface area (Å²) < 4.78 is 1.48. The van der Waals surface area contributed by atoms with Crippen LogP contribution in [-0.2, 0) is 19.8 Å². The van der Waals surface area contributed by atoms with Crippen molar-refractivity contribution in [1.82, 2.24) is 0 Å². The Hall–Kier alpha value is 0.168. The first kappa shape index (κ1) is 4.33. The summed E-state index contributed by atoms with van der Waals surface area (Å²) in [7, 11) is 0. The van der Waals surface area contributed by atoms with Gasteiger partial charge in [-0.1, -0.05) is 0 Å². The zero-order valence-electron chi connectivity index (χ0n) is 3.35. The van der Waals surface area contributed by atoms with Crippen LogP contribution in [0.15, 0.2) is 22.2 Å². The van der Waals surface area contributed by atoms with Crippen molar-refractivity contribution < 1.29 is 19.8 Å². The van der Waals surface area contributed by atoms with Crippen LogP contribution in [0.4, 0.5) is 0 Å². The molecular formula is C5H5Mo. The van der Waals surface area contributed by atoms with E-state index in [1.807, 2.05) is 0 Å². The van der Waals surface area contributed by atoms with Crippen LogP contribution in [0.1, 0.15) is 6.42 Å². The van der Waals surface area contributed by atoms with Gasteiger partial charge >= 0.3 is 48.4 Å². The first-order chi connectivity index (χ1) is 2.89. The molecule has 0 bridgehead atoms. The van der Waals surface area contributed by atoms with Crippen molar-refractivity contribution in [1.29, 1.82) is 0 Å². The van der Waals surface area contributed by atoms with Gasteiger partial charge in [0.05, 0.1) is 0 Å². The van der Waals surface area contributed by atoms with E-state index in [1.165, 1.54) is 10.4 Å². The SMILES string of the molecule is [Mo][C]1=CC=CC1. The van der Waals surface area contributed by atoms with Crippen molar-refractivity contribution in [3.63, 3.8) is 0 Å². The fourth-order valence-corrected chi connectivity index (χ4v) is 0.857. The molecule has 0 N–H and O–H groups in total. The Kier molecular flexibility index (Phi) is 1.26. The van der Waals surface area contributed by atoms with E-state index in [0.29, 0.717) is 0 Å². The van der Waals surface area contributed by atoms with Gasteiger partial charge < -0.3 is 0 Å². The second-order valence-electron chi connectivity index (χ2n) is 1.27. The molecule has 0 saturated heterocycles. The Morgan fingerprint density at radius 1 is 1.67 bits per heavy atom. The Morgan fingerprint density at radius 3 is 2.67 bits per heavy atom. The maximum atomic E-state index is 2.16. The van der Waals surface area contributed by atoms with Gasteiger partial charge in [-0.25, -0.2) is 0 Å². The second-order valence-corrected chi connectivity index (χ2v) is 2.55. The fraction of sp³-hybridized carbons (Fsp3) is 0.200. The van der Waals surface area contributed by atoms with Gasteiger partial charge in [0, 0.05) is 0 Å². The van der Waals surface area contributed by atoms with E-state index in [0.717, 1.165) is 0 Å². The maximum absolute atomic E-state index is 2.16. The van der Waals surface area contributed by atoms with E-state index in [2.05, 4.69) is 38.0 Å². The average Bonchev–Trinajstić information content (AvgIpc) is 1.86. The van der Waals surface area contributed by atoms with Crippen molar-refractivity contribution in [2.24, 2.45) is 0 Å². The van der Waals surface area contributed by atoms with Crippen LogP contribution in [0, 0.1) is 0 Å². The monoisotopic (exact) mass is 163 g/mol. The normalized spacial score (nSPS) is 18.3. The third-order valence-corrected chi connectivity index (χ3v) is 1.48. The summed E-state index contributed by atoms with van der Waals surface area (Å²) >= 11 is 2.07. The quantitative estimate of drug-likeness (QED) is 0.471. The Labute approximate surface area is 48.8 Å². The molecule has 0 heterocycles. The summed E-state index contributed by atoms with van der Waals surface area (Å²) in [5.41, 5.74) is 0. The molecule has 0 aliphatic heterocycles. The molecule has 1 aliphatic rings. The molecule has 0 atom stereocenters. The van der Waals surface area contributed by atoms with E-state index < -0.39 is 0 Å². The van der Waals surface area contributed by atoms with Crippen molar-refractivity contribution >= 4 is 0 Å². The van der Waals surface area contributed by atoms with Crippen LogP contribution in [-0.4, -0.2) is 0 Å². The molecule has 0 aromatic heterocycles. The Bertz CT molecular complexity index is 101. The molecule has 1 rings (SSSR count). The molecule has 0 nitrogen and oxygen atoms in total. The van der Waals surface area contributed by atoms with Crippen molar-refractivity contribution in [2.75, 3.05) is 0 Å². The van der Waals surface area contributed by atoms with Crippen LogP contribution >= 0.6 is 0 Å². The van der Waals surface area contributed by atoms with Gasteiger partial charge in [0.15, 0.2) is 0 Å². The molecule has 0 amide bonds. The molecule has 0 aromatic rings. The first-order valence-electron chi connectivity index (χ1n) is 1.92. The molecule has 0 spiro atoms. The molecule has 0 fully saturated rings. The minimum absolute atomic E-state index is 1.17. The third-order valence-electron chi connectivity index (χ3n) is 0.737. The molecule has 0 unspecified atom stereocenters. The molecular weight excluding hydrogens is 156 g/mol. The van der Waals surface area contributed by atoms with Crippen LogP contribution < -0.4 is 0 Å². The number of rotatable bonds is 0. The van der Waals surface area contributed by atoms with Crippen LogP contribution in [0.2, 0.25) is 0 Å². The third kappa shape index (κ3) is 0.814. The van der Waals surface area contributed by atoms with Crippen LogP contribution in [0.5, 0.6) is 0 Å². The van der Waals surface area contributed by atoms with Crippen molar-refractivity contribution in [2.45, 2.75) is 6.42 Å². The predicted molar refractivity (Wildman–Crippen MR) is 21.8 cm³/mol. The molecule has 31 valence electrons. The Balaban J connectivity index is 2.61. The topological polar surface area (TPSA) is 0 Å². The van der Waals surface area contributed by atoms with Crippen molar-refractivity contribution in [3.05, 3.63) is 22.2 Å². The van der Waals surface area contributed by atoms with Gasteiger partial charge in [0.2, 0.25) is 0 Å². The molecule has 0 radical (unpaired) electrons. The van der Waals surface area contributed by atoms with Gasteiger partial charge in [-0.2, -0.15) is 0 Å². The molecule has 1 heteroatoms. The zero-order valence-corrected chi connectivity index (χ0v) is 5.35. The standard InChI is InChI=1S/C5H5.Mo/c1-2-4-5-3-1;/h1-3H,4H2;. The molecule has 6 heavy (non-hydrogen) atoms. The summed E-state index contributed by atoms with van der Waals surface area (Å²) in [6, 6.07) is 0. The zero-order chi connectivity index (χ0) is 4.41. The van der Waals surface area contributed by atoms with E-state index in [-0.39, 0.29) is 0 Å². The summed E-state index contributed by atoms with van der Waals surface area (Å²) in [6.07, 6.45) is 7.57. The van der Waals surface area contributed by atoms with Crippen LogP contribution in [0.25, 0.3) is 0 Å². The molecule has 1 aliphatic carbocycles. The van der Waals surface area contributed by atoms with Gasteiger partial charge in [-0.05, 0) is 0 Å². The van der Waals surface area contributed by atoms with Gasteiger partial charge in [0.1, 0.15) is 0 Å². The van der Waals surface area contributed by atoms with Gasteiger partial charge in [0.25, 0.3) is 0 Å².